The average Bonchev–Trinajstić information content (AvgIpc) is 3.37. The van der Waals surface area contributed by atoms with Crippen LogP contribution in [0.5, 0.6) is 0 Å². The summed E-state index contributed by atoms with van der Waals surface area (Å²) in [5.41, 5.74) is 14.9. The highest BCUT2D eigenvalue weighted by molar-refractivity contribution is 5.90. The molecule has 5 aromatic rings. The van der Waals surface area contributed by atoms with E-state index in [-0.39, 0.29) is 0 Å². The fraction of sp³-hybridized carbons (Fsp3) is 0.265. The second-order valence-electron chi connectivity index (χ2n) is 11.0. The molecule has 36 heavy (non-hydrogen) atoms. The third-order valence-electron chi connectivity index (χ3n) is 7.97. The number of hydrogen-bond acceptors (Lipinski definition) is 0. The van der Waals surface area contributed by atoms with Crippen molar-refractivity contribution < 1.29 is 4.57 Å². The highest BCUT2D eigenvalue weighted by Gasteiger charge is 2.33. The number of imidazole rings is 1. The van der Waals surface area contributed by atoms with Crippen molar-refractivity contribution in [2.75, 3.05) is 0 Å². The summed E-state index contributed by atoms with van der Waals surface area (Å²) in [5.74, 6) is 2.08. The maximum absolute atomic E-state index is 2.57. The van der Waals surface area contributed by atoms with Crippen LogP contribution in [0.4, 0.5) is 0 Å². The van der Waals surface area contributed by atoms with Crippen molar-refractivity contribution in [2.24, 2.45) is 7.05 Å². The van der Waals surface area contributed by atoms with Crippen LogP contribution in [0.3, 0.4) is 0 Å². The standard InChI is InChI=1S/C34H35N2/c1-21(2)26-16-11-17-27(22(3)4)33(26)36-32-20-30-25(18-24-13-8-10-15-29(24)30)19-31(32)35(6)34(36)28-14-9-7-12-23(28)5/h7-17,19-22H,18H2,1-6H3/q+1. The van der Waals surface area contributed by atoms with Gasteiger partial charge in [0.15, 0.2) is 11.0 Å². The summed E-state index contributed by atoms with van der Waals surface area (Å²) < 4.78 is 4.99. The van der Waals surface area contributed by atoms with Gasteiger partial charge in [-0.3, -0.25) is 0 Å². The lowest BCUT2D eigenvalue weighted by Crippen LogP contribution is -2.30. The third kappa shape index (κ3) is 3.35. The molecule has 4 aromatic carbocycles. The molecule has 0 bridgehead atoms. The number of fused-ring (bicyclic) bond motifs is 4. The lowest BCUT2D eigenvalue weighted by Gasteiger charge is -2.18. The Hall–Kier alpha value is -3.65. The van der Waals surface area contributed by atoms with Crippen LogP contribution in [-0.4, -0.2) is 4.57 Å². The predicted molar refractivity (Wildman–Crippen MR) is 151 cm³/mol. The van der Waals surface area contributed by atoms with E-state index in [9.17, 15) is 0 Å². The van der Waals surface area contributed by atoms with Crippen molar-refractivity contribution >= 4 is 11.0 Å². The fourth-order valence-corrected chi connectivity index (χ4v) is 6.11. The van der Waals surface area contributed by atoms with Crippen LogP contribution >= 0.6 is 0 Å². The number of rotatable bonds is 4. The smallest absolute Gasteiger partial charge is 0.225 e. The molecule has 0 N–H and O–H groups in total. The van der Waals surface area contributed by atoms with Crippen LogP contribution in [0.15, 0.2) is 78.9 Å². The quantitative estimate of drug-likeness (QED) is 0.229. The summed E-state index contributed by atoms with van der Waals surface area (Å²) in [6.07, 6.45) is 1.01. The fourth-order valence-electron chi connectivity index (χ4n) is 6.11. The largest absolute Gasteiger partial charge is 0.295 e. The van der Waals surface area contributed by atoms with Gasteiger partial charge in [-0.2, -0.15) is 4.57 Å². The first-order valence-corrected chi connectivity index (χ1v) is 13.2. The van der Waals surface area contributed by atoms with Crippen LogP contribution in [-0.2, 0) is 13.5 Å². The molecule has 0 fully saturated rings. The van der Waals surface area contributed by atoms with E-state index in [1.807, 2.05) is 0 Å². The van der Waals surface area contributed by atoms with E-state index in [0.717, 1.165) is 6.42 Å². The third-order valence-corrected chi connectivity index (χ3v) is 7.97. The van der Waals surface area contributed by atoms with Gasteiger partial charge in [0, 0.05) is 11.1 Å². The van der Waals surface area contributed by atoms with Gasteiger partial charge in [-0.15, -0.1) is 0 Å². The summed E-state index contributed by atoms with van der Waals surface area (Å²) in [7, 11) is 2.24. The lowest BCUT2D eigenvalue weighted by molar-refractivity contribution is -0.633. The van der Waals surface area contributed by atoms with E-state index in [4.69, 9.17) is 0 Å². The number of para-hydroxylation sites is 1. The summed E-state index contributed by atoms with van der Waals surface area (Å²) in [4.78, 5) is 0. The molecule has 0 aliphatic heterocycles. The Kier molecular flexibility index (Phi) is 5.37. The second kappa shape index (κ2) is 8.48. The Balaban J connectivity index is 1.80. The summed E-state index contributed by atoms with van der Waals surface area (Å²) in [6, 6.07) is 29.5. The maximum Gasteiger partial charge on any atom is 0.295 e. The van der Waals surface area contributed by atoms with Gasteiger partial charge in [0.1, 0.15) is 5.69 Å². The summed E-state index contributed by atoms with van der Waals surface area (Å²) in [6.45, 7) is 11.5. The molecule has 1 aromatic heterocycles. The van der Waals surface area contributed by atoms with Crippen molar-refractivity contribution in [1.29, 1.82) is 0 Å². The van der Waals surface area contributed by atoms with Gasteiger partial charge in [-0.25, -0.2) is 4.57 Å². The number of nitrogens with zero attached hydrogens (tertiary/aromatic N) is 2. The minimum atomic E-state index is 0.418. The van der Waals surface area contributed by atoms with Crippen LogP contribution in [0.25, 0.3) is 39.2 Å². The van der Waals surface area contributed by atoms with Gasteiger partial charge in [-0.05, 0) is 71.2 Å². The highest BCUT2D eigenvalue weighted by atomic mass is 15.2. The molecule has 2 heteroatoms. The van der Waals surface area contributed by atoms with Crippen molar-refractivity contribution in [3.63, 3.8) is 0 Å². The molecule has 2 nitrogen and oxygen atoms in total. The Morgan fingerprint density at radius 2 is 1.33 bits per heavy atom. The SMILES string of the molecule is Cc1ccccc1-c1n(-c2c(C(C)C)cccc2C(C)C)c2cc3c(cc2[n+]1C)Cc1ccccc1-3. The van der Waals surface area contributed by atoms with E-state index in [1.165, 1.54) is 67.1 Å². The van der Waals surface area contributed by atoms with Gasteiger partial charge >= 0.3 is 0 Å². The molecule has 1 heterocycles. The molecule has 1 aliphatic rings. The topological polar surface area (TPSA) is 8.81 Å². The van der Waals surface area contributed by atoms with Crippen LogP contribution in [0.2, 0.25) is 0 Å². The Labute approximate surface area is 214 Å². The van der Waals surface area contributed by atoms with Gasteiger partial charge in [0.2, 0.25) is 0 Å². The number of aryl methyl sites for hydroxylation is 2. The minimum Gasteiger partial charge on any atom is -0.225 e. The van der Waals surface area contributed by atoms with Crippen LogP contribution in [0.1, 0.15) is 67.3 Å². The molecule has 0 atom stereocenters. The molecule has 0 saturated heterocycles. The zero-order chi connectivity index (χ0) is 25.1. The molecule has 0 radical (unpaired) electrons. The first kappa shape index (κ1) is 22.8. The average molecular weight is 472 g/mol. The van der Waals surface area contributed by atoms with Gasteiger partial charge in [-0.1, -0.05) is 88.4 Å². The lowest BCUT2D eigenvalue weighted by atomic mass is 9.92. The molecule has 0 unspecified atom stereocenters. The first-order chi connectivity index (χ1) is 17.4. The molecular weight excluding hydrogens is 436 g/mol. The predicted octanol–water partition coefficient (Wildman–Crippen LogP) is 8.25. The van der Waals surface area contributed by atoms with E-state index >= 15 is 0 Å². The molecular formula is C34H35N2+. The molecule has 0 saturated carbocycles. The van der Waals surface area contributed by atoms with Crippen molar-refractivity contribution in [3.8, 4) is 28.2 Å². The van der Waals surface area contributed by atoms with Gasteiger partial charge in [0.05, 0.1) is 12.6 Å². The molecule has 6 rings (SSSR count). The Morgan fingerprint density at radius 3 is 2.00 bits per heavy atom. The van der Waals surface area contributed by atoms with Crippen LogP contribution < -0.4 is 4.57 Å². The molecule has 1 aliphatic carbocycles. The second-order valence-corrected chi connectivity index (χ2v) is 11.0. The first-order valence-electron chi connectivity index (χ1n) is 13.2. The molecule has 0 spiro atoms. The Bertz CT molecular complexity index is 1610. The van der Waals surface area contributed by atoms with Gasteiger partial charge in [0.25, 0.3) is 5.82 Å². The van der Waals surface area contributed by atoms with Crippen molar-refractivity contribution in [2.45, 2.75) is 52.9 Å². The summed E-state index contributed by atoms with van der Waals surface area (Å²) in [5, 5.41) is 0. The monoisotopic (exact) mass is 471 g/mol. The minimum absolute atomic E-state index is 0.418. The number of benzene rings is 4. The van der Waals surface area contributed by atoms with Crippen molar-refractivity contribution in [3.05, 3.63) is 107 Å². The summed E-state index contributed by atoms with van der Waals surface area (Å²) >= 11 is 0. The normalized spacial score (nSPS) is 12.6. The van der Waals surface area contributed by atoms with E-state index in [0.29, 0.717) is 11.8 Å². The Morgan fingerprint density at radius 1 is 0.694 bits per heavy atom. The molecule has 0 amide bonds. The number of aromatic nitrogens is 2. The van der Waals surface area contributed by atoms with Crippen molar-refractivity contribution in [1.82, 2.24) is 4.57 Å². The molecule has 180 valence electrons. The van der Waals surface area contributed by atoms with E-state index in [1.54, 1.807) is 0 Å². The zero-order valence-electron chi connectivity index (χ0n) is 22.3. The van der Waals surface area contributed by atoms with Gasteiger partial charge < -0.3 is 0 Å². The van der Waals surface area contributed by atoms with E-state index in [2.05, 4.69) is 130 Å². The zero-order valence-corrected chi connectivity index (χ0v) is 22.3. The number of hydrogen-bond donors (Lipinski definition) is 0. The maximum atomic E-state index is 2.57. The highest BCUT2D eigenvalue weighted by Crippen LogP contribution is 2.42. The van der Waals surface area contributed by atoms with E-state index < -0.39 is 0 Å². The van der Waals surface area contributed by atoms with Crippen LogP contribution in [0, 0.1) is 6.92 Å².